The van der Waals surface area contributed by atoms with Crippen LogP contribution in [0.3, 0.4) is 0 Å². The molecule has 0 spiro atoms. The van der Waals surface area contributed by atoms with Crippen molar-refractivity contribution in [2.75, 3.05) is 0 Å². The van der Waals surface area contributed by atoms with Crippen LogP contribution in [0.1, 0.15) is 36.7 Å². The van der Waals surface area contributed by atoms with Gasteiger partial charge in [-0.15, -0.1) is 0 Å². The van der Waals surface area contributed by atoms with Crippen molar-refractivity contribution in [2.45, 2.75) is 38.5 Å². The monoisotopic (exact) mass is 443 g/mol. The lowest BCUT2D eigenvalue weighted by molar-refractivity contribution is -0.141. The van der Waals surface area contributed by atoms with E-state index in [1.165, 1.54) is 22.9 Å². The molecule has 6 nitrogen and oxygen atoms in total. The maximum absolute atomic E-state index is 13.2. The van der Waals surface area contributed by atoms with Crippen LogP contribution in [0.25, 0.3) is 17.0 Å². The van der Waals surface area contributed by atoms with Gasteiger partial charge < -0.3 is 4.40 Å². The van der Waals surface area contributed by atoms with E-state index in [1.807, 2.05) is 6.92 Å². The summed E-state index contributed by atoms with van der Waals surface area (Å²) < 4.78 is 81.5. The van der Waals surface area contributed by atoms with Gasteiger partial charge in [-0.1, -0.05) is 13.3 Å². The van der Waals surface area contributed by atoms with Crippen molar-refractivity contribution < 1.29 is 26.3 Å². The first kappa shape index (κ1) is 20.9. The number of hydrogen-bond acceptors (Lipinski definition) is 3. The standard InChI is InChI=1S/C19H15F6N5O/c1-2-3-4-12-16(26-15-6-5-11(10-29(12)15)18(20,21)22)28-7-8-30-13(17(28)31)9-14(27-30)19(23,24)25/h5-10H,2-4H2,1H3. The SMILES string of the molecule is CCCCc1c(-n2ccn3nc(C(F)(F)F)cc3c2=O)nc2ccc(C(F)(F)F)cn12. The Morgan fingerprint density at radius 2 is 1.77 bits per heavy atom. The average Bonchev–Trinajstić information content (AvgIpc) is 3.27. The topological polar surface area (TPSA) is 56.6 Å². The zero-order valence-corrected chi connectivity index (χ0v) is 16.0. The first-order chi connectivity index (χ1) is 14.5. The van der Waals surface area contributed by atoms with Crippen LogP contribution in [-0.2, 0) is 18.8 Å². The first-order valence-electron chi connectivity index (χ1n) is 9.27. The molecule has 0 radical (unpaired) electrons. The van der Waals surface area contributed by atoms with Crippen LogP contribution in [0.2, 0.25) is 0 Å². The second-order valence-corrected chi connectivity index (χ2v) is 6.96. The third-order valence-corrected chi connectivity index (χ3v) is 4.84. The normalized spacial score (nSPS) is 12.9. The van der Waals surface area contributed by atoms with Gasteiger partial charge in [0, 0.05) is 24.7 Å². The average molecular weight is 443 g/mol. The maximum Gasteiger partial charge on any atom is 0.435 e. The Kier molecular flexibility index (Phi) is 4.82. The zero-order chi connectivity index (χ0) is 22.6. The van der Waals surface area contributed by atoms with Crippen LogP contribution in [0.15, 0.2) is 41.6 Å². The number of aryl methyl sites for hydroxylation is 1. The summed E-state index contributed by atoms with van der Waals surface area (Å²) in [6.45, 7) is 1.90. The molecule has 4 aromatic heterocycles. The molecule has 0 saturated heterocycles. The Labute approximate surface area is 170 Å². The van der Waals surface area contributed by atoms with Gasteiger partial charge in [0.25, 0.3) is 5.56 Å². The Hall–Kier alpha value is -3.31. The number of imidazole rings is 1. The molecular weight excluding hydrogens is 428 g/mol. The number of aromatic nitrogens is 5. The number of rotatable bonds is 4. The zero-order valence-electron chi connectivity index (χ0n) is 16.0. The van der Waals surface area contributed by atoms with Crippen LogP contribution in [-0.4, -0.2) is 23.6 Å². The lowest BCUT2D eigenvalue weighted by Gasteiger charge is -2.09. The quantitative estimate of drug-likeness (QED) is 0.436. The van der Waals surface area contributed by atoms with Crippen molar-refractivity contribution >= 4 is 11.2 Å². The molecule has 0 unspecified atom stereocenters. The fourth-order valence-corrected chi connectivity index (χ4v) is 3.31. The van der Waals surface area contributed by atoms with Crippen molar-refractivity contribution in [3.05, 3.63) is 64.1 Å². The molecule has 31 heavy (non-hydrogen) atoms. The fraction of sp³-hybridized carbons (Fsp3) is 0.316. The molecule has 0 aromatic carbocycles. The highest BCUT2D eigenvalue weighted by Crippen LogP contribution is 2.31. The number of pyridine rings is 1. The molecule has 164 valence electrons. The summed E-state index contributed by atoms with van der Waals surface area (Å²) in [5, 5.41) is 3.36. The number of hydrogen-bond donors (Lipinski definition) is 0. The summed E-state index contributed by atoms with van der Waals surface area (Å²) in [6.07, 6.45) is -4.37. The van der Waals surface area contributed by atoms with Crippen LogP contribution in [0.4, 0.5) is 26.3 Å². The number of unbranched alkanes of at least 4 members (excludes halogenated alkanes) is 1. The van der Waals surface area contributed by atoms with Gasteiger partial charge in [-0.2, -0.15) is 31.4 Å². The van der Waals surface area contributed by atoms with Crippen molar-refractivity contribution in [1.82, 2.24) is 23.6 Å². The van der Waals surface area contributed by atoms with Gasteiger partial charge in [0.2, 0.25) is 0 Å². The minimum absolute atomic E-state index is 0.0648. The molecule has 4 aromatic rings. The highest BCUT2D eigenvalue weighted by molar-refractivity contribution is 5.53. The summed E-state index contributed by atoms with van der Waals surface area (Å²) in [5.74, 6) is 0.0648. The van der Waals surface area contributed by atoms with E-state index < -0.39 is 29.2 Å². The summed E-state index contributed by atoms with van der Waals surface area (Å²) in [7, 11) is 0. The molecule has 0 aliphatic heterocycles. The lowest BCUT2D eigenvalue weighted by atomic mass is 10.2. The smallest absolute Gasteiger partial charge is 0.301 e. The second kappa shape index (κ2) is 7.13. The van der Waals surface area contributed by atoms with E-state index in [9.17, 15) is 31.1 Å². The molecular formula is C19H15F6N5O. The first-order valence-corrected chi connectivity index (χ1v) is 9.27. The Morgan fingerprint density at radius 3 is 2.42 bits per heavy atom. The van der Waals surface area contributed by atoms with Crippen LogP contribution in [0, 0.1) is 0 Å². The Bertz CT molecular complexity index is 1330. The van der Waals surface area contributed by atoms with E-state index in [1.54, 1.807) is 0 Å². The minimum atomic E-state index is -4.73. The highest BCUT2D eigenvalue weighted by Gasteiger charge is 2.35. The largest absolute Gasteiger partial charge is 0.435 e. The van der Waals surface area contributed by atoms with Gasteiger partial charge >= 0.3 is 12.4 Å². The van der Waals surface area contributed by atoms with E-state index in [4.69, 9.17) is 0 Å². The summed E-state index contributed by atoms with van der Waals surface area (Å²) in [6, 6.07) is 2.70. The lowest BCUT2D eigenvalue weighted by Crippen LogP contribution is -2.21. The molecule has 0 aliphatic carbocycles. The number of fused-ring (bicyclic) bond motifs is 2. The van der Waals surface area contributed by atoms with Crippen molar-refractivity contribution in [3.8, 4) is 5.82 Å². The molecule has 0 amide bonds. The Balaban J connectivity index is 1.95. The maximum atomic E-state index is 13.2. The van der Waals surface area contributed by atoms with E-state index in [2.05, 4.69) is 10.1 Å². The third-order valence-electron chi connectivity index (χ3n) is 4.84. The predicted octanol–water partition coefficient (Wildman–Crippen LogP) is 4.51. The number of nitrogens with zero attached hydrogens (tertiary/aromatic N) is 5. The fourth-order valence-electron chi connectivity index (χ4n) is 3.31. The molecule has 12 heteroatoms. The molecule has 0 aliphatic rings. The third kappa shape index (κ3) is 3.66. The van der Waals surface area contributed by atoms with Crippen molar-refractivity contribution in [2.24, 2.45) is 0 Å². The van der Waals surface area contributed by atoms with Gasteiger partial charge in [-0.25, -0.2) is 9.50 Å². The van der Waals surface area contributed by atoms with Crippen molar-refractivity contribution in [1.29, 1.82) is 0 Å². The molecule has 0 fully saturated rings. The number of alkyl halides is 6. The summed E-state index contributed by atoms with van der Waals surface area (Å²) in [5.41, 5.74) is -2.71. The van der Waals surface area contributed by atoms with Crippen LogP contribution in [0.5, 0.6) is 0 Å². The van der Waals surface area contributed by atoms with E-state index in [0.717, 1.165) is 27.8 Å². The van der Waals surface area contributed by atoms with Crippen molar-refractivity contribution in [3.63, 3.8) is 0 Å². The second-order valence-electron chi connectivity index (χ2n) is 6.96. The van der Waals surface area contributed by atoms with Gasteiger partial charge in [-0.3, -0.25) is 9.36 Å². The van der Waals surface area contributed by atoms with Gasteiger partial charge in [0.15, 0.2) is 11.5 Å². The predicted molar refractivity (Wildman–Crippen MR) is 98.2 cm³/mol. The van der Waals surface area contributed by atoms with E-state index in [-0.39, 0.29) is 17.0 Å². The summed E-state index contributed by atoms with van der Waals surface area (Å²) in [4.78, 5) is 17.2. The summed E-state index contributed by atoms with van der Waals surface area (Å²) >= 11 is 0. The molecule has 0 atom stereocenters. The van der Waals surface area contributed by atoms with Gasteiger partial charge in [0.1, 0.15) is 11.2 Å². The number of halogens is 6. The van der Waals surface area contributed by atoms with E-state index >= 15 is 0 Å². The van der Waals surface area contributed by atoms with Crippen LogP contribution >= 0.6 is 0 Å². The van der Waals surface area contributed by atoms with E-state index in [0.29, 0.717) is 24.6 Å². The Morgan fingerprint density at radius 1 is 1.03 bits per heavy atom. The van der Waals surface area contributed by atoms with Gasteiger partial charge in [0.05, 0.1) is 11.3 Å². The highest BCUT2D eigenvalue weighted by atomic mass is 19.4. The molecule has 0 N–H and O–H groups in total. The van der Waals surface area contributed by atoms with Crippen LogP contribution < -0.4 is 5.56 Å². The molecule has 4 heterocycles. The molecule has 4 rings (SSSR count). The minimum Gasteiger partial charge on any atom is -0.301 e. The molecule has 0 bridgehead atoms. The van der Waals surface area contributed by atoms with Gasteiger partial charge in [-0.05, 0) is 25.0 Å². The molecule has 0 saturated carbocycles.